The minimum Gasteiger partial charge on any atom is -0.465 e. The predicted molar refractivity (Wildman–Crippen MR) is 75.7 cm³/mol. The summed E-state index contributed by atoms with van der Waals surface area (Å²) in [4.78, 5) is 24.3. The highest BCUT2D eigenvalue weighted by molar-refractivity contribution is 7.55. The van der Waals surface area contributed by atoms with E-state index in [2.05, 4.69) is 0 Å². The van der Waals surface area contributed by atoms with E-state index in [1.807, 2.05) is 0 Å². The Morgan fingerprint density at radius 3 is 1.85 bits per heavy atom. The lowest BCUT2D eigenvalue weighted by Gasteiger charge is -2.28. The average Bonchev–Trinajstić information content (AvgIpc) is 2.37. The van der Waals surface area contributed by atoms with Gasteiger partial charge in [0, 0.05) is 0 Å². The Morgan fingerprint density at radius 1 is 1.05 bits per heavy atom. The van der Waals surface area contributed by atoms with E-state index >= 15 is 0 Å². The fraction of sp³-hybridized carbons (Fsp3) is 0.846. The van der Waals surface area contributed by atoms with Crippen molar-refractivity contribution in [3.63, 3.8) is 0 Å². The zero-order valence-corrected chi connectivity index (χ0v) is 14.0. The monoisotopic (exact) mass is 308 g/mol. The Bertz CT molecular complexity index is 380. The third-order valence-corrected chi connectivity index (χ3v) is 5.29. The van der Waals surface area contributed by atoms with E-state index in [0.717, 1.165) is 0 Å². The van der Waals surface area contributed by atoms with E-state index in [9.17, 15) is 14.2 Å². The molecular weight excluding hydrogens is 283 g/mol. The second kappa shape index (κ2) is 7.91. The Hall–Kier alpha value is -0.710. The molecule has 6 nitrogen and oxygen atoms in total. The first-order chi connectivity index (χ1) is 9.17. The Labute approximate surface area is 120 Å². The first kappa shape index (κ1) is 19.3. The molecule has 0 fully saturated rings. The van der Waals surface area contributed by atoms with Gasteiger partial charge in [-0.3, -0.25) is 14.2 Å². The van der Waals surface area contributed by atoms with Crippen LogP contribution >= 0.6 is 7.60 Å². The first-order valence-electron chi connectivity index (χ1n) is 6.77. The molecule has 0 aromatic rings. The van der Waals surface area contributed by atoms with Crippen molar-refractivity contribution in [1.82, 2.24) is 0 Å². The molecule has 1 atom stereocenters. The average molecular weight is 308 g/mol. The lowest BCUT2D eigenvalue weighted by Crippen LogP contribution is -2.41. The van der Waals surface area contributed by atoms with Crippen molar-refractivity contribution in [2.45, 2.75) is 47.2 Å². The molecule has 0 heterocycles. The number of carbonyl (C=O) groups excluding carboxylic acids is 2. The van der Waals surface area contributed by atoms with E-state index < -0.39 is 30.4 Å². The number of hydrogen-bond donors (Lipinski definition) is 0. The quantitative estimate of drug-likeness (QED) is 0.370. The molecule has 0 bridgehead atoms. The van der Waals surface area contributed by atoms with Gasteiger partial charge in [0.1, 0.15) is 11.1 Å². The summed E-state index contributed by atoms with van der Waals surface area (Å²) in [6.45, 7) is 9.85. The van der Waals surface area contributed by atoms with Crippen molar-refractivity contribution in [1.29, 1.82) is 0 Å². The van der Waals surface area contributed by atoms with Gasteiger partial charge in [-0.05, 0) is 41.5 Å². The van der Waals surface area contributed by atoms with Crippen LogP contribution in [0.1, 0.15) is 41.5 Å². The van der Waals surface area contributed by atoms with Gasteiger partial charge in [-0.1, -0.05) is 0 Å². The molecule has 0 aromatic heterocycles. The van der Waals surface area contributed by atoms with Gasteiger partial charge in [0.15, 0.2) is 5.78 Å². The highest BCUT2D eigenvalue weighted by atomic mass is 31.2. The van der Waals surface area contributed by atoms with Gasteiger partial charge in [0.2, 0.25) is 0 Å². The van der Waals surface area contributed by atoms with Crippen molar-refractivity contribution >= 4 is 19.3 Å². The van der Waals surface area contributed by atoms with Crippen molar-refractivity contribution in [3.8, 4) is 0 Å². The van der Waals surface area contributed by atoms with E-state index in [1.54, 1.807) is 20.8 Å². The zero-order chi connectivity index (χ0) is 16.0. The molecule has 0 saturated heterocycles. The number of ketones is 1. The van der Waals surface area contributed by atoms with Gasteiger partial charge in [0.25, 0.3) is 0 Å². The molecule has 0 N–H and O–H groups in total. The molecule has 0 aliphatic rings. The topological polar surface area (TPSA) is 78.9 Å². The van der Waals surface area contributed by atoms with Gasteiger partial charge in [0.05, 0.1) is 19.8 Å². The maximum Gasteiger partial charge on any atom is 0.340 e. The largest absolute Gasteiger partial charge is 0.465 e. The summed E-state index contributed by atoms with van der Waals surface area (Å²) in [6, 6.07) is 0. The molecule has 0 spiro atoms. The predicted octanol–water partition coefficient (Wildman–Crippen LogP) is 2.80. The minimum absolute atomic E-state index is 0.161. The van der Waals surface area contributed by atoms with Gasteiger partial charge in [-0.2, -0.15) is 0 Å². The van der Waals surface area contributed by atoms with Crippen molar-refractivity contribution in [2.75, 3.05) is 19.8 Å². The fourth-order valence-electron chi connectivity index (χ4n) is 1.70. The smallest absolute Gasteiger partial charge is 0.340 e. The van der Waals surface area contributed by atoms with Gasteiger partial charge in [-0.15, -0.1) is 0 Å². The van der Waals surface area contributed by atoms with Crippen LogP contribution < -0.4 is 0 Å². The third kappa shape index (κ3) is 4.40. The van der Waals surface area contributed by atoms with Gasteiger partial charge >= 0.3 is 13.6 Å². The summed E-state index contributed by atoms with van der Waals surface area (Å²) in [5, 5.41) is 0. The van der Waals surface area contributed by atoms with Crippen LogP contribution in [0.2, 0.25) is 0 Å². The molecule has 7 heteroatoms. The molecule has 20 heavy (non-hydrogen) atoms. The maximum absolute atomic E-state index is 12.6. The summed E-state index contributed by atoms with van der Waals surface area (Å²) < 4.78 is 27.7. The van der Waals surface area contributed by atoms with E-state index in [1.165, 1.54) is 20.8 Å². The first-order valence-corrected chi connectivity index (χ1v) is 8.38. The van der Waals surface area contributed by atoms with E-state index in [0.29, 0.717) is 0 Å². The summed E-state index contributed by atoms with van der Waals surface area (Å²) in [7, 11) is -3.58. The maximum atomic E-state index is 12.6. The number of Topliss-reactive ketones (excluding diaryl/α,β-unsaturated/α-hetero) is 1. The summed E-state index contributed by atoms with van der Waals surface area (Å²) >= 11 is 0. The van der Waals surface area contributed by atoms with Crippen LogP contribution in [0.15, 0.2) is 0 Å². The van der Waals surface area contributed by atoms with Crippen LogP contribution in [0.4, 0.5) is 0 Å². The molecule has 0 aliphatic carbocycles. The van der Waals surface area contributed by atoms with Gasteiger partial charge < -0.3 is 13.8 Å². The highest BCUT2D eigenvalue weighted by Crippen LogP contribution is 2.54. The molecule has 0 aliphatic heterocycles. The molecule has 118 valence electrons. The molecular formula is C13H25O6P. The van der Waals surface area contributed by atoms with Gasteiger partial charge in [-0.25, -0.2) is 0 Å². The normalized spacial score (nSPS) is 13.9. The van der Waals surface area contributed by atoms with Crippen molar-refractivity contribution < 1.29 is 27.9 Å². The van der Waals surface area contributed by atoms with Crippen LogP contribution in [0.5, 0.6) is 0 Å². The second-order valence-electron chi connectivity index (χ2n) is 4.76. The Balaban J connectivity index is 5.25. The van der Waals surface area contributed by atoms with Crippen LogP contribution in [-0.4, -0.2) is 37.2 Å². The van der Waals surface area contributed by atoms with Crippen LogP contribution in [0.3, 0.4) is 0 Å². The Kier molecular flexibility index (Phi) is 7.63. The highest BCUT2D eigenvalue weighted by Gasteiger charge is 2.47. The van der Waals surface area contributed by atoms with Crippen LogP contribution in [0.25, 0.3) is 0 Å². The molecule has 0 rings (SSSR count). The molecule has 0 amide bonds. The molecule has 0 aromatic carbocycles. The van der Waals surface area contributed by atoms with E-state index in [-0.39, 0.29) is 19.8 Å². The summed E-state index contributed by atoms with van der Waals surface area (Å²) in [6.07, 6.45) is 0. The molecule has 1 unspecified atom stereocenters. The molecule has 0 radical (unpaired) electrons. The lowest BCUT2D eigenvalue weighted by molar-refractivity contribution is -0.157. The molecule has 0 saturated carbocycles. The number of carbonyl (C=O) groups is 2. The SMILES string of the molecule is CCOC(=O)C(C)(C)C(=O)C(C)P(=O)(OCC)OCC. The number of hydrogen-bond acceptors (Lipinski definition) is 6. The van der Waals surface area contributed by atoms with Crippen molar-refractivity contribution in [3.05, 3.63) is 0 Å². The van der Waals surface area contributed by atoms with Crippen LogP contribution in [-0.2, 0) is 27.9 Å². The third-order valence-electron chi connectivity index (χ3n) is 2.87. The lowest BCUT2D eigenvalue weighted by atomic mass is 9.86. The number of esters is 1. The van der Waals surface area contributed by atoms with Crippen LogP contribution in [0, 0.1) is 5.41 Å². The Morgan fingerprint density at radius 2 is 1.50 bits per heavy atom. The number of ether oxygens (including phenoxy) is 1. The standard InChI is InChI=1S/C13H25O6P/c1-7-17-12(15)13(5,6)11(14)10(4)20(16,18-8-2)19-9-3/h10H,7-9H2,1-6H3. The second-order valence-corrected chi connectivity index (χ2v) is 7.13. The fourth-order valence-corrected chi connectivity index (χ4v) is 3.55. The number of rotatable bonds is 9. The zero-order valence-electron chi connectivity index (χ0n) is 13.1. The minimum atomic E-state index is -3.58. The van der Waals surface area contributed by atoms with E-state index in [4.69, 9.17) is 13.8 Å². The summed E-state index contributed by atoms with van der Waals surface area (Å²) in [5.41, 5.74) is -2.42. The van der Waals surface area contributed by atoms with Crippen molar-refractivity contribution in [2.24, 2.45) is 5.41 Å². The summed E-state index contributed by atoms with van der Waals surface area (Å²) in [5.74, 6) is -1.16.